The molecule has 1 aliphatic heterocycles. The lowest BCUT2D eigenvalue weighted by Gasteiger charge is -2.31. The summed E-state index contributed by atoms with van der Waals surface area (Å²) in [5.74, 6) is -0.108. The summed E-state index contributed by atoms with van der Waals surface area (Å²) in [5.41, 5.74) is 4.90. The molecule has 2 aromatic carbocycles. The maximum Gasteiger partial charge on any atom is 0.218 e. The van der Waals surface area contributed by atoms with Crippen LogP contribution in [0.15, 0.2) is 66.9 Å². The van der Waals surface area contributed by atoms with Crippen molar-refractivity contribution in [2.24, 2.45) is 0 Å². The molecule has 3 aromatic rings. The lowest BCUT2D eigenvalue weighted by molar-refractivity contribution is 0.312. The molecule has 1 unspecified atom stereocenters. The third-order valence-corrected chi connectivity index (χ3v) is 7.61. The molecule has 162 valence electrons. The number of sulfonamides is 1. The van der Waals surface area contributed by atoms with E-state index in [1.165, 1.54) is 12.1 Å². The summed E-state index contributed by atoms with van der Waals surface area (Å²) in [4.78, 5) is 4.63. The van der Waals surface area contributed by atoms with Crippen molar-refractivity contribution in [2.45, 2.75) is 37.9 Å². The number of aromatic nitrogens is 1. The molecule has 1 fully saturated rings. The zero-order valence-corrected chi connectivity index (χ0v) is 18.5. The van der Waals surface area contributed by atoms with Crippen molar-refractivity contribution in [2.75, 3.05) is 13.1 Å². The first kappa shape index (κ1) is 21.7. The van der Waals surface area contributed by atoms with E-state index in [1.54, 1.807) is 16.4 Å². The Morgan fingerprint density at radius 3 is 2.52 bits per heavy atom. The van der Waals surface area contributed by atoms with Crippen LogP contribution >= 0.6 is 0 Å². The Kier molecular flexibility index (Phi) is 6.49. The number of piperidine rings is 1. The molecule has 1 aromatic heterocycles. The number of nitrogens with zero attached hydrogens (tertiary/aromatic N) is 2. The van der Waals surface area contributed by atoms with Crippen LogP contribution in [0.4, 0.5) is 4.39 Å². The Balaban J connectivity index is 1.42. The molecule has 0 aliphatic carbocycles. The van der Waals surface area contributed by atoms with Gasteiger partial charge in [0.05, 0.1) is 5.75 Å². The minimum Gasteiger partial charge on any atom is -0.261 e. The highest BCUT2D eigenvalue weighted by Crippen LogP contribution is 2.28. The van der Waals surface area contributed by atoms with Gasteiger partial charge in [-0.3, -0.25) is 4.98 Å². The Morgan fingerprint density at radius 2 is 1.81 bits per heavy atom. The van der Waals surface area contributed by atoms with E-state index in [-0.39, 0.29) is 17.5 Å². The normalized spacial score (nSPS) is 17.5. The second-order valence-corrected chi connectivity index (χ2v) is 10.3. The van der Waals surface area contributed by atoms with Gasteiger partial charge in [-0.2, -0.15) is 0 Å². The SMILES string of the molecule is Cc1cccc(CS(=O)(=O)N2CCCC(c3ccc(Cc4ccc(F)cc4)cn3)C2)c1. The molecule has 0 amide bonds. The molecule has 31 heavy (non-hydrogen) atoms. The summed E-state index contributed by atoms with van der Waals surface area (Å²) < 4.78 is 40.7. The van der Waals surface area contributed by atoms with Crippen LogP contribution in [0.25, 0.3) is 0 Å². The van der Waals surface area contributed by atoms with E-state index >= 15 is 0 Å². The molecular weight excluding hydrogens is 411 g/mol. The van der Waals surface area contributed by atoms with E-state index in [2.05, 4.69) is 4.98 Å². The fourth-order valence-corrected chi connectivity index (χ4v) is 5.76. The first-order valence-corrected chi connectivity index (χ1v) is 12.2. The van der Waals surface area contributed by atoms with Crippen LogP contribution in [0.5, 0.6) is 0 Å². The fourth-order valence-electron chi connectivity index (χ4n) is 4.16. The second kappa shape index (κ2) is 9.28. The average Bonchev–Trinajstić information content (AvgIpc) is 2.76. The van der Waals surface area contributed by atoms with E-state index in [1.807, 2.05) is 49.5 Å². The lowest BCUT2D eigenvalue weighted by Crippen LogP contribution is -2.39. The largest absolute Gasteiger partial charge is 0.261 e. The molecule has 1 aliphatic rings. The predicted octanol–water partition coefficient (Wildman–Crippen LogP) is 4.83. The minimum absolute atomic E-state index is 0.0332. The topological polar surface area (TPSA) is 50.3 Å². The first-order chi connectivity index (χ1) is 14.9. The van der Waals surface area contributed by atoms with Crippen molar-refractivity contribution < 1.29 is 12.8 Å². The minimum atomic E-state index is -3.37. The number of halogens is 1. The molecule has 1 atom stereocenters. The molecule has 0 radical (unpaired) electrons. The molecule has 0 bridgehead atoms. The summed E-state index contributed by atoms with van der Waals surface area (Å²) in [6.07, 6.45) is 4.30. The predicted molar refractivity (Wildman–Crippen MR) is 121 cm³/mol. The Hall–Kier alpha value is -2.57. The van der Waals surface area contributed by atoms with Crippen LogP contribution in [0, 0.1) is 12.7 Å². The molecule has 4 rings (SSSR count). The molecule has 0 N–H and O–H groups in total. The van der Waals surface area contributed by atoms with Gasteiger partial charge >= 0.3 is 0 Å². The highest BCUT2D eigenvalue weighted by molar-refractivity contribution is 7.88. The molecule has 6 heteroatoms. The second-order valence-electron chi connectivity index (χ2n) is 8.34. The van der Waals surface area contributed by atoms with Crippen LogP contribution in [0.2, 0.25) is 0 Å². The third kappa shape index (κ3) is 5.57. The van der Waals surface area contributed by atoms with Crippen molar-refractivity contribution in [3.8, 4) is 0 Å². The molecular formula is C25H27FN2O2S. The van der Waals surface area contributed by atoms with Gasteiger partial charge in [0.2, 0.25) is 10.0 Å². The number of aryl methyl sites for hydroxylation is 1. The fraction of sp³-hybridized carbons (Fsp3) is 0.320. The third-order valence-electron chi connectivity index (χ3n) is 5.80. The number of pyridine rings is 1. The molecule has 0 spiro atoms. The number of hydrogen-bond acceptors (Lipinski definition) is 3. The monoisotopic (exact) mass is 438 g/mol. The first-order valence-electron chi connectivity index (χ1n) is 10.6. The van der Waals surface area contributed by atoms with Gasteiger partial charge < -0.3 is 0 Å². The zero-order chi connectivity index (χ0) is 21.8. The summed E-state index contributed by atoms with van der Waals surface area (Å²) in [6, 6.07) is 18.2. The van der Waals surface area contributed by atoms with Crippen LogP contribution in [0.3, 0.4) is 0 Å². The van der Waals surface area contributed by atoms with Gasteiger partial charge in [-0.05, 0) is 61.1 Å². The Morgan fingerprint density at radius 1 is 1.03 bits per heavy atom. The maximum atomic E-state index is 13.1. The van der Waals surface area contributed by atoms with Crippen molar-refractivity contribution in [1.29, 1.82) is 0 Å². The number of rotatable bonds is 6. The van der Waals surface area contributed by atoms with E-state index in [0.29, 0.717) is 19.5 Å². The highest BCUT2D eigenvalue weighted by Gasteiger charge is 2.30. The standard InChI is InChI=1S/C25H27FN2O2S/c1-19-4-2-5-22(14-19)18-31(29,30)28-13-3-6-23(17-28)25-12-9-21(16-27-25)15-20-7-10-24(26)11-8-20/h2,4-5,7-12,14,16,23H,3,6,13,15,17-18H2,1H3. The highest BCUT2D eigenvalue weighted by atomic mass is 32.2. The van der Waals surface area contributed by atoms with Gasteiger partial charge in [0.1, 0.15) is 5.82 Å². The van der Waals surface area contributed by atoms with E-state index in [0.717, 1.165) is 40.8 Å². The Bertz CT molecular complexity index is 1130. The van der Waals surface area contributed by atoms with Crippen LogP contribution in [-0.2, 0) is 22.2 Å². The maximum absolute atomic E-state index is 13.1. The van der Waals surface area contributed by atoms with Gasteiger partial charge in [0.25, 0.3) is 0 Å². The summed E-state index contributed by atoms with van der Waals surface area (Å²) in [5, 5.41) is 0. The lowest BCUT2D eigenvalue weighted by atomic mass is 9.95. The van der Waals surface area contributed by atoms with Crippen molar-refractivity contribution in [1.82, 2.24) is 9.29 Å². The van der Waals surface area contributed by atoms with Gasteiger partial charge in [0.15, 0.2) is 0 Å². The molecule has 4 nitrogen and oxygen atoms in total. The van der Waals surface area contributed by atoms with Crippen LogP contribution < -0.4 is 0 Å². The average molecular weight is 439 g/mol. The zero-order valence-electron chi connectivity index (χ0n) is 17.7. The van der Waals surface area contributed by atoms with Gasteiger partial charge in [-0.25, -0.2) is 17.1 Å². The van der Waals surface area contributed by atoms with Crippen molar-refractivity contribution in [3.63, 3.8) is 0 Å². The quantitative estimate of drug-likeness (QED) is 0.554. The molecule has 1 saturated heterocycles. The van der Waals surface area contributed by atoms with E-state index < -0.39 is 10.0 Å². The molecule has 2 heterocycles. The van der Waals surface area contributed by atoms with Gasteiger partial charge in [0, 0.05) is 30.9 Å². The summed E-state index contributed by atoms with van der Waals surface area (Å²) >= 11 is 0. The van der Waals surface area contributed by atoms with Crippen molar-refractivity contribution >= 4 is 10.0 Å². The number of benzene rings is 2. The molecule has 0 saturated carbocycles. The van der Waals surface area contributed by atoms with E-state index in [9.17, 15) is 12.8 Å². The van der Waals surface area contributed by atoms with E-state index in [4.69, 9.17) is 0 Å². The Labute approximate surface area is 183 Å². The van der Waals surface area contributed by atoms with Gasteiger partial charge in [-0.15, -0.1) is 0 Å². The van der Waals surface area contributed by atoms with Crippen LogP contribution in [-0.4, -0.2) is 30.8 Å². The summed E-state index contributed by atoms with van der Waals surface area (Å²) in [6.45, 7) is 3.00. The van der Waals surface area contributed by atoms with Gasteiger partial charge in [-0.1, -0.05) is 48.0 Å². The van der Waals surface area contributed by atoms with Crippen LogP contribution in [0.1, 0.15) is 46.7 Å². The smallest absolute Gasteiger partial charge is 0.218 e. The number of hydrogen-bond donors (Lipinski definition) is 0. The van der Waals surface area contributed by atoms with Crippen molar-refractivity contribution in [3.05, 3.63) is 101 Å². The summed E-state index contributed by atoms with van der Waals surface area (Å²) in [7, 11) is -3.37.